The molecule has 0 bridgehead atoms. The van der Waals surface area contributed by atoms with Gasteiger partial charge >= 0.3 is 18.0 Å². The minimum Gasteiger partial charge on any atom is -0.462 e. The molecule has 10 nitrogen and oxygen atoms in total. The van der Waals surface area contributed by atoms with Crippen molar-refractivity contribution in [1.82, 2.24) is 5.32 Å². The van der Waals surface area contributed by atoms with Gasteiger partial charge in [-0.3, -0.25) is 4.90 Å². The first-order valence-corrected chi connectivity index (χ1v) is 13.1. The molecule has 41 heavy (non-hydrogen) atoms. The fraction of sp³-hybridized carbons (Fsp3) is 0.286. The van der Waals surface area contributed by atoms with Gasteiger partial charge < -0.3 is 30.6 Å². The number of thiocarbonyl (C=S) groups is 1. The van der Waals surface area contributed by atoms with Crippen LogP contribution in [0.15, 0.2) is 36.4 Å². The monoisotopic (exact) mass is 586 g/mol. The largest absolute Gasteiger partial charge is 0.462 e. The van der Waals surface area contributed by atoms with Crippen LogP contribution in [0, 0.1) is 11.6 Å². The SMILES string of the molecule is CCOC(=O)c1c2ccc(Nc3c(F)cc(N4CC(CNC(C)=S)OC4=O)cc3F)ccc-2c(C(=O)OCC)c1N. The van der Waals surface area contributed by atoms with Crippen LogP contribution >= 0.6 is 12.2 Å². The number of hydrogen-bond donors (Lipinski definition) is 3. The van der Waals surface area contributed by atoms with Crippen molar-refractivity contribution in [2.45, 2.75) is 26.9 Å². The Kier molecular flexibility index (Phi) is 8.86. The first kappa shape index (κ1) is 29.5. The van der Waals surface area contributed by atoms with Crippen LogP contribution in [0.4, 0.5) is 36.3 Å². The first-order valence-electron chi connectivity index (χ1n) is 12.7. The van der Waals surface area contributed by atoms with Gasteiger partial charge in [-0.25, -0.2) is 23.2 Å². The molecule has 1 heterocycles. The van der Waals surface area contributed by atoms with Gasteiger partial charge in [-0.1, -0.05) is 24.4 Å². The van der Waals surface area contributed by atoms with E-state index in [-0.39, 0.29) is 54.5 Å². The first-order chi connectivity index (χ1) is 19.5. The number of halogens is 2. The van der Waals surface area contributed by atoms with E-state index in [1.54, 1.807) is 20.8 Å². The predicted molar refractivity (Wildman–Crippen MR) is 153 cm³/mol. The molecule has 4 rings (SSSR count). The number of nitrogens with zero attached hydrogens (tertiary/aromatic N) is 1. The van der Waals surface area contributed by atoms with E-state index in [0.29, 0.717) is 16.1 Å². The molecule has 1 fully saturated rings. The highest BCUT2D eigenvalue weighted by atomic mass is 32.1. The number of anilines is 4. The lowest BCUT2D eigenvalue weighted by Gasteiger charge is -2.16. The number of benzene rings is 1. The van der Waals surface area contributed by atoms with Gasteiger partial charge in [0.15, 0.2) is 11.6 Å². The fourth-order valence-electron chi connectivity index (χ4n) is 4.44. The lowest BCUT2D eigenvalue weighted by atomic mass is 10.1. The Bertz CT molecular complexity index is 1420. The molecule has 1 unspecified atom stereocenters. The number of nitrogens with two attached hydrogens (primary N) is 1. The summed E-state index contributed by atoms with van der Waals surface area (Å²) in [6.07, 6.45) is -1.28. The number of amides is 1. The molecule has 0 spiro atoms. The number of nitrogens with one attached hydrogen (secondary N) is 2. The number of rotatable bonds is 9. The zero-order valence-electron chi connectivity index (χ0n) is 22.5. The topological polar surface area (TPSA) is 132 Å². The van der Waals surface area contributed by atoms with Gasteiger partial charge in [0.05, 0.1) is 53.8 Å². The van der Waals surface area contributed by atoms with Crippen molar-refractivity contribution in [2.75, 3.05) is 42.3 Å². The van der Waals surface area contributed by atoms with Crippen LogP contribution in [-0.2, 0) is 14.2 Å². The molecule has 1 saturated heterocycles. The van der Waals surface area contributed by atoms with E-state index in [9.17, 15) is 14.4 Å². The summed E-state index contributed by atoms with van der Waals surface area (Å²) in [5.74, 6) is -3.37. The summed E-state index contributed by atoms with van der Waals surface area (Å²) < 4.78 is 45.8. The van der Waals surface area contributed by atoms with Crippen LogP contribution in [0.25, 0.3) is 11.1 Å². The van der Waals surface area contributed by atoms with Crippen molar-refractivity contribution in [1.29, 1.82) is 0 Å². The number of carbonyl (C=O) groups excluding carboxylic acids is 3. The number of fused-ring (bicyclic) bond motifs is 1. The van der Waals surface area contributed by atoms with E-state index >= 15 is 8.78 Å². The van der Waals surface area contributed by atoms with Gasteiger partial charge in [0.1, 0.15) is 11.8 Å². The standard InChI is InChI=1S/C28H28F2N4O6S/c1-4-38-26(35)22-18-8-6-15(7-9-19(18)23(24(22)31)27(36)39-5-2)33-25-20(29)10-16(11-21(25)30)34-13-17(40-28(34)37)12-32-14(3)41/h6-11,17,33H,4-5,12-13,31H2,1-3H3,(H,32,41). The molecule has 0 aromatic heterocycles. The second kappa shape index (κ2) is 12.3. The zero-order chi connectivity index (χ0) is 29.8. The quantitative estimate of drug-likeness (QED) is 0.179. The number of ether oxygens (including phenoxy) is 3. The molecule has 13 heteroatoms. The van der Waals surface area contributed by atoms with Gasteiger partial charge in [-0.15, -0.1) is 0 Å². The Morgan fingerprint density at radius 2 is 1.59 bits per heavy atom. The van der Waals surface area contributed by atoms with E-state index in [0.717, 1.165) is 17.0 Å². The highest BCUT2D eigenvalue weighted by Gasteiger charge is 2.34. The summed E-state index contributed by atoms with van der Waals surface area (Å²) in [7, 11) is 0. The third kappa shape index (κ3) is 6.14. The van der Waals surface area contributed by atoms with Gasteiger partial charge in [0, 0.05) is 17.8 Å². The summed E-state index contributed by atoms with van der Waals surface area (Å²) in [6.45, 7) is 5.46. The van der Waals surface area contributed by atoms with E-state index in [1.807, 2.05) is 0 Å². The van der Waals surface area contributed by atoms with Crippen molar-refractivity contribution in [3.63, 3.8) is 0 Å². The average Bonchev–Trinajstić information content (AvgIpc) is 3.34. The Morgan fingerprint density at radius 1 is 1.05 bits per heavy atom. The molecule has 1 amide bonds. The highest BCUT2D eigenvalue weighted by Crippen LogP contribution is 2.40. The van der Waals surface area contributed by atoms with E-state index in [2.05, 4.69) is 10.6 Å². The molecule has 1 aliphatic heterocycles. The van der Waals surface area contributed by atoms with Crippen molar-refractivity contribution in [3.05, 3.63) is 59.2 Å². The molecule has 0 radical (unpaired) electrons. The second-order valence-corrected chi connectivity index (χ2v) is 9.63. The molecule has 1 aromatic carbocycles. The smallest absolute Gasteiger partial charge is 0.414 e. The summed E-state index contributed by atoms with van der Waals surface area (Å²) in [6, 6.07) is 7.96. The van der Waals surface area contributed by atoms with E-state index in [4.69, 9.17) is 32.2 Å². The third-order valence-electron chi connectivity index (χ3n) is 6.25. The highest BCUT2D eigenvalue weighted by molar-refractivity contribution is 7.80. The van der Waals surface area contributed by atoms with Crippen LogP contribution in [0.3, 0.4) is 0 Å². The molecular formula is C28H28F2N4O6S. The maximum absolute atomic E-state index is 15.2. The molecule has 4 N–H and O–H groups in total. The molecule has 1 atom stereocenters. The van der Waals surface area contributed by atoms with E-state index in [1.165, 1.54) is 24.3 Å². The minimum atomic E-state index is -0.960. The van der Waals surface area contributed by atoms with Crippen LogP contribution in [0.1, 0.15) is 41.5 Å². The van der Waals surface area contributed by atoms with Crippen LogP contribution in [-0.4, -0.2) is 55.4 Å². The summed E-state index contributed by atoms with van der Waals surface area (Å²) >= 11 is 4.95. The van der Waals surface area contributed by atoms with Crippen LogP contribution in [0.2, 0.25) is 0 Å². The van der Waals surface area contributed by atoms with Gasteiger partial charge in [-0.2, -0.15) is 0 Å². The van der Waals surface area contributed by atoms with Crippen molar-refractivity contribution >= 4 is 58.0 Å². The van der Waals surface area contributed by atoms with Crippen LogP contribution in [0.5, 0.6) is 0 Å². The van der Waals surface area contributed by atoms with Gasteiger partial charge in [0.2, 0.25) is 0 Å². The fourth-order valence-corrected chi connectivity index (χ4v) is 4.52. The number of carbonyl (C=O) groups is 3. The minimum absolute atomic E-state index is 0.0110. The van der Waals surface area contributed by atoms with E-state index < -0.39 is 41.5 Å². The summed E-state index contributed by atoms with van der Waals surface area (Å²) in [4.78, 5) is 39.3. The molecule has 3 aliphatic rings. The number of esters is 2. The van der Waals surface area contributed by atoms with Gasteiger partial charge in [0.25, 0.3) is 0 Å². The number of nitrogen functional groups attached to an aromatic ring is 1. The zero-order valence-corrected chi connectivity index (χ0v) is 23.3. The normalized spacial score (nSPS) is 14.5. The van der Waals surface area contributed by atoms with Crippen molar-refractivity contribution in [2.24, 2.45) is 0 Å². The Balaban J connectivity index is 1.65. The molecule has 0 saturated carbocycles. The third-order valence-corrected chi connectivity index (χ3v) is 6.39. The molecular weight excluding hydrogens is 558 g/mol. The second-order valence-electron chi connectivity index (χ2n) is 9.02. The molecule has 216 valence electrons. The van der Waals surface area contributed by atoms with Gasteiger partial charge in [-0.05, 0) is 44.0 Å². The maximum Gasteiger partial charge on any atom is 0.414 e. The Labute approximate surface area is 240 Å². The molecule has 2 aliphatic carbocycles. The summed E-state index contributed by atoms with van der Waals surface area (Å²) in [5.41, 5.74) is 6.41. The number of cyclic esters (lactones) is 1. The summed E-state index contributed by atoms with van der Waals surface area (Å²) in [5, 5.41) is 5.58. The van der Waals surface area contributed by atoms with Crippen LogP contribution < -0.4 is 21.3 Å². The lowest BCUT2D eigenvalue weighted by Crippen LogP contribution is -2.32. The number of hydrogen-bond acceptors (Lipinski definition) is 9. The molecule has 1 aromatic rings. The Hall–Kier alpha value is -4.52. The Morgan fingerprint density at radius 3 is 2.07 bits per heavy atom. The predicted octanol–water partition coefficient (Wildman–Crippen LogP) is 5.01. The lowest BCUT2D eigenvalue weighted by molar-refractivity contribution is 0.0525. The van der Waals surface area contributed by atoms with Crippen molar-refractivity contribution in [3.8, 4) is 11.1 Å². The average molecular weight is 587 g/mol. The maximum atomic E-state index is 15.2. The van der Waals surface area contributed by atoms with Crippen molar-refractivity contribution < 1.29 is 37.4 Å².